The highest BCUT2D eigenvalue weighted by Crippen LogP contribution is 2.33. The highest BCUT2D eigenvalue weighted by molar-refractivity contribution is 6.10. The summed E-state index contributed by atoms with van der Waals surface area (Å²) in [6, 6.07) is 1.55. The van der Waals surface area contributed by atoms with Crippen molar-refractivity contribution in [3.05, 3.63) is 18.2 Å². The van der Waals surface area contributed by atoms with Crippen molar-refractivity contribution in [2.75, 3.05) is 43.1 Å². The highest BCUT2D eigenvalue weighted by Gasteiger charge is 2.41. The van der Waals surface area contributed by atoms with Gasteiger partial charge in [-0.25, -0.2) is 0 Å². The number of nitrogens with one attached hydrogen (secondary N) is 1. The molecular formula is C21H25F5N4O5. The standard InChI is InChI=1S/C21H25F5N4O5/c22-20(23)35-15-8-13(30-6-7-34-10-16(30)31)4-5-14(15)28-19(33)17(18(27)32)29(11-21(24,25)26)9-12-2-1-3-12/h4-5,8,12,17,20H,1-3,6-7,9-11H2,(H2,27,32)(H,28,33)/t17-/m0/s1. The number of primary amides is 1. The largest absolute Gasteiger partial charge is 0.433 e. The third kappa shape index (κ3) is 7.24. The molecule has 1 saturated heterocycles. The third-order valence-corrected chi connectivity index (χ3v) is 5.72. The maximum Gasteiger partial charge on any atom is 0.401 e. The number of carbonyl (C=O) groups is 3. The number of nitrogens with two attached hydrogens (primary N) is 1. The van der Waals surface area contributed by atoms with Gasteiger partial charge in [-0.15, -0.1) is 0 Å². The average Bonchev–Trinajstić information content (AvgIpc) is 2.70. The summed E-state index contributed by atoms with van der Waals surface area (Å²) in [5.41, 5.74) is 5.14. The zero-order chi connectivity index (χ0) is 25.8. The van der Waals surface area contributed by atoms with Crippen molar-refractivity contribution in [1.29, 1.82) is 0 Å². The van der Waals surface area contributed by atoms with E-state index in [9.17, 15) is 36.3 Å². The van der Waals surface area contributed by atoms with Crippen LogP contribution in [0.2, 0.25) is 0 Å². The van der Waals surface area contributed by atoms with E-state index in [-0.39, 0.29) is 43.6 Å². The molecule has 1 saturated carbocycles. The normalized spacial score (nSPS) is 17.9. The summed E-state index contributed by atoms with van der Waals surface area (Å²) < 4.78 is 75.1. The summed E-state index contributed by atoms with van der Waals surface area (Å²) >= 11 is 0. The topological polar surface area (TPSA) is 114 Å². The molecule has 1 heterocycles. The number of carbonyl (C=O) groups excluding carboxylic acids is 3. The SMILES string of the molecule is NC(=O)[C@@H](C(=O)Nc1ccc(N2CCOCC2=O)cc1OC(F)F)N(CC1CCC1)CC(F)(F)F. The minimum Gasteiger partial charge on any atom is -0.433 e. The lowest BCUT2D eigenvalue weighted by atomic mass is 9.84. The van der Waals surface area contributed by atoms with E-state index in [1.807, 2.05) is 0 Å². The van der Waals surface area contributed by atoms with Gasteiger partial charge in [0.1, 0.15) is 6.61 Å². The van der Waals surface area contributed by atoms with Crippen molar-refractivity contribution in [2.24, 2.45) is 11.7 Å². The van der Waals surface area contributed by atoms with Crippen LogP contribution in [0.25, 0.3) is 0 Å². The molecule has 1 aliphatic carbocycles. The lowest BCUT2D eigenvalue weighted by molar-refractivity contribution is -0.159. The molecular weight excluding hydrogens is 483 g/mol. The predicted octanol–water partition coefficient (Wildman–Crippen LogP) is 2.11. The molecule has 0 spiro atoms. The molecule has 194 valence electrons. The van der Waals surface area contributed by atoms with E-state index in [0.717, 1.165) is 18.6 Å². The molecule has 0 aromatic heterocycles. The Morgan fingerprint density at radius 2 is 2.00 bits per heavy atom. The Bertz CT molecular complexity index is 941. The second kappa shape index (κ2) is 11.2. The number of morpholine rings is 1. The summed E-state index contributed by atoms with van der Waals surface area (Å²) in [6.45, 7) is -4.89. The lowest BCUT2D eigenvalue weighted by Gasteiger charge is -2.35. The Kier molecular flexibility index (Phi) is 8.48. The summed E-state index contributed by atoms with van der Waals surface area (Å²) in [5.74, 6) is -3.65. The molecule has 35 heavy (non-hydrogen) atoms. The second-order valence-electron chi connectivity index (χ2n) is 8.29. The van der Waals surface area contributed by atoms with Crippen molar-refractivity contribution >= 4 is 29.1 Å². The number of hydrogen-bond donors (Lipinski definition) is 2. The molecule has 0 bridgehead atoms. The van der Waals surface area contributed by atoms with Crippen LogP contribution in [0.4, 0.5) is 33.3 Å². The van der Waals surface area contributed by atoms with Crippen LogP contribution >= 0.6 is 0 Å². The first kappa shape index (κ1) is 26.6. The van der Waals surface area contributed by atoms with Gasteiger partial charge in [0.05, 0.1) is 18.8 Å². The number of amides is 3. The number of anilines is 2. The predicted molar refractivity (Wildman–Crippen MR) is 113 cm³/mol. The van der Waals surface area contributed by atoms with Gasteiger partial charge in [-0.1, -0.05) is 6.42 Å². The summed E-state index contributed by atoms with van der Waals surface area (Å²) in [7, 11) is 0. The zero-order valence-corrected chi connectivity index (χ0v) is 18.5. The maximum atomic E-state index is 13.2. The van der Waals surface area contributed by atoms with Gasteiger partial charge in [0.2, 0.25) is 5.91 Å². The van der Waals surface area contributed by atoms with Crippen molar-refractivity contribution in [2.45, 2.75) is 38.1 Å². The van der Waals surface area contributed by atoms with E-state index in [0.29, 0.717) is 17.7 Å². The first-order valence-corrected chi connectivity index (χ1v) is 10.8. The third-order valence-electron chi connectivity index (χ3n) is 5.72. The zero-order valence-electron chi connectivity index (χ0n) is 18.5. The monoisotopic (exact) mass is 508 g/mol. The Labute approximate surface area is 197 Å². The fraction of sp³-hybridized carbons (Fsp3) is 0.571. The minimum absolute atomic E-state index is 0.130. The summed E-state index contributed by atoms with van der Waals surface area (Å²) in [6.07, 6.45) is -2.59. The Morgan fingerprint density at radius 3 is 2.54 bits per heavy atom. The van der Waals surface area contributed by atoms with Crippen LogP contribution in [0, 0.1) is 5.92 Å². The fourth-order valence-corrected chi connectivity index (χ4v) is 3.94. The van der Waals surface area contributed by atoms with Crippen LogP contribution in [-0.4, -0.2) is 74.3 Å². The van der Waals surface area contributed by atoms with E-state index >= 15 is 0 Å². The van der Waals surface area contributed by atoms with Crippen molar-refractivity contribution < 1.29 is 45.8 Å². The minimum atomic E-state index is -4.71. The van der Waals surface area contributed by atoms with Gasteiger partial charge in [-0.3, -0.25) is 19.3 Å². The van der Waals surface area contributed by atoms with E-state index in [4.69, 9.17) is 10.5 Å². The summed E-state index contributed by atoms with van der Waals surface area (Å²) in [5, 5.41) is 2.18. The Balaban J connectivity index is 1.86. The van der Waals surface area contributed by atoms with Gasteiger partial charge in [0.25, 0.3) is 11.8 Å². The molecule has 9 nitrogen and oxygen atoms in total. The molecule has 14 heteroatoms. The van der Waals surface area contributed by atoms with E-state index < -0.39 is 48.8 Å². The number of alkyl halides is 5. The van der Waals surface area contributed by atoms with Gasteiger partial charge >= 0.3 is 12.8 Å². The number of halogens is 5. The van der Waals surface area contributed by atoms with Crippen LogP contribution in [0.15, 0.2) is 18.2 Å². The molecule has 1 aromatic carbocycles. The van der Waals surface area contributed by atoms with Crippen molar-refractivity contribution in [1.82, 2.24) is 4.90 Å². The molecule has 0 radical (unpaired) electrons. The number of ether oxygens (including phenoxy) is 2. The van der Waals surface area contributed by atoms with Crippen molar-refractivity contribution in [3.8, 4) is 5.75 Å². The van der Waals surface area contributed by atoms with Crippen LogP contribution in [0.5, 0.6) is 5.75 Å². The first-order valence-electron chi connectivity index (χ1n) is 10.8. The molecule has 2 aliphatic rings. The molecule has 2 fully saturated rings. The van der Waals surface area contributed by atoms with Gasteiger partial charge in [-0.05, 0) is 30.9 Å². The number of hydrogen-bond acceptors (Lipinski definition) is 6. The van der Waals surface area contributed by atoms with Gasteiger partial charge < -0.3 is 25.4 Å². The smallest absolute Gasteiger partial charge is 0.401 e. The Hall–Kier alpha value is -3.00. The van der Waals surface area contributed by atoms with Crippen LogP contribution in [-0.2, 0) is 19.1 Å². The van der Waals surface area contributed by atoms with Crippen LogP contribution in [0.3, 0.4) is 0 Å². The Morgan fingerprint density at radius 1 is 1.29 bits per heavy atom. The van der Waals surface area contributed by atoms with E-state index in [1.165, 1.54) is 11.0 Å². The molecule has 1 aromatic rings. The molecule has 0 unspecified atom stereocenters. The average molecular weight is 508 g/mol. The van der Waals surface area contributed by atoms with Gasteiger partial charge in [0, 0.05) is 24.8 Å². The van der Waals surface area contributed by atoms with Gasteiger partial charge in [0.15, 0.2) is 11.8 Å². The quantitative estimate of drug-likeness (QED) is 0.370. The summed E-state index contributed by atoms with van der Waals surface area (Å²) in [4.78, 5) is 38.9. The fourth-order valence-electron chi connectivity index (χ4n) is 3.94. The van der Waals surface area contributed by atoms with Crippen LogP contribution < -0.4 is 20.7 Å². The lowest BCUT2D eigenvalue weighted by Crippen LogP contribution is -2.56. The van der Waals surface area contributed by atoms with E-state index in [1.54, 1.807) is 0 Å². The first-order chi connectivity index (χ1) is 16.4. The molecule has 3 amide bonds. The molecule has 3 N–H and O–H groups in total. The van der Waals surface area contributed by atoms with Crippen molar-refractivity contribution in [3.63, 3.8) is 0 Å². The molecule has 3 rings (SSSR count). The maximum absolute atomic E-state index is 13.2. The van der Waals surface area contributed by atoms with Gasteiger partial charge in [-0.2, -0.15) is 22.0 Å². The number of nitrogens with zero attached hydrogens (tertiary/aromatic N) is 2. The second-order valence-corrected chi connectivity index (χ2v) is 8.29. The number of benzene rings is 1. The molecule has 1 aliphatic heterocycles. The van der Waals surface area contributed by atoms with E-state index in [2.05, 4.69) is 10.1 Å². The number of rotatable bonds is 10. The van der Waals surface area contributed by atoms with Crippen LogP contribution in [0.1, 0.15) is 19.3 Å². The highest BCUT2D eigenvalue weighted by atomic mass is 19.4. The molecule has 1 atom stereocenters.